The Labute approximate surface area is 188 Å². The van der Waals surface area contributed by atoms with Crippen molar-refractivity contribution in [3.8, 4) is 0 Å². The van der Waals surface area contributed by atoms with Gasteiger partial charge in [0.05, 0.1) is 23.0 Å². The first kappa shape index (κ1) is 28.9. The largest absolute Gasteiger partial charge is 0.388 e. The van der Waals surface area contributed by atoms with E-state index < -0.39 is 23.0 Å². The third kappa shape index (κ3) is 6.34. The molecule has 6 heteroatoms. The molecule has 28 heavy (non-hydrogen) atoms. The molecule has 2 aliphatic rings. The Bertz CT molecular complexity index is 620. The average Bonchev–Trinajstić information content (AvgIpc) is 2.59. The molecule has 0 aromatic heterocycles. The minimum Gasteiger partial charge on any atom is -0.388 e. The highest BCUT2D eigenvalue weighted by molar-refractivity contribution is 8.93. The van der Waals surface area contributed by atoms with Crippen LogP contribution in [0.2, 0.25) is 0 Å². The van der Waals surface area contributed by atoms with Crippen molar-refractivity contribution in [1.29, 1.82) is 0 Å². The summed E-state index contributed by atoms with van der Waals surface area (Å²) in [5.74, 6) is -0.0546. The summed E-state index contributed by atoms with van der Waals surface area (Å²) in [5.41, 5.74) is -1.56. The lowest BCUT2D eigenvalue weighted by molar-refractivity contribution is -0.128. The maximum absolute atomic E-state index is 11.4. The summed E-state index contributed by atoms with van der Waals surface area (Å²) >= 11 is 0. The number of carbonyl (C=O) groups is 2. The van der Waals surface area contributed by atoms with Crippen LogP contribution in [0, 0.1) is 10.8 Å². The molecule has 2 N–H and O–H groups in total. The smallest absolute Gasteiger partial charge is 0.142 e. The molecule has 0 aliphatic heterocycles. The number of hydrogen-bond donors (Lipinski definition) is 2. The van der Waals surface area contributed by atoms with Gasteiger partial charge in [-0.1, -0.05) is 60.8 Å². The number of rotatable bonds is 6. The second-order valence-electron chi connectivity index (χ2n) is 6.56. The van der Waals surface area contributed by atoms with Crippen molar-refractivity contribution in [3.05, 3.63) is 73.9 Å². The first-order valence-electron chi connectivity index (χ1n) is 8.59. The molecular weight excluding hydrogens is 488 g/mol. The molecule has 156 valence electrons. The van der Waals surface area contributed by atoms with Crippen molar-refractivity contribution >= 4 is 45.5 Å². The zero-order valence-electron chi connectivity index (χ0n) is 16.3. The summed E-state index contributed by atoms with van der Waals surface area (Å²) in [6, 6.07) is 0. The Hall–Kier alpha value is -1.34. The summed E-state index contributed by atoms with van der Waals surface area (Å²) in [6.45, 7) is 10.2. The Morgan fingerprint density at radius 3 is 1.36 bits per heavy atom. The predicted octanol–water partition coefficient (Wildman–Crippen LogP) is 4.41. The molecule has 0 saturated heterocycles. The van der Waals surface area contributed by atoms with E-state index in [1.165, 1.54) is 13.8 Å². The highest BCUT2D eigenvalue weighted by Gasteiger charge is 2.39. The highest BCUT2D eigenvalue weighted by atomic mass is 79.9. The Balaban J connectivity index is 0. The average molecular weight is 518 g/mol. The Morgan fingerprint density at radius 2 is 1.14 bits per heavy atom. The van der Waals surface area contributed by atoms with Crippen molar-refractivity contribution in [2.75, 3.05) is 0 Å². The predicted molar refractivity (Wildman–Crippen MR) is 125 cm³/mol. The first-order valence-corrected chi connectivity index (χ1v) is 8.59. The molecule has 0 fully saturated rings. The van der Waals surface area contributed by atoms with Crippen molar-refractivity contribution in [2.24, 2.45) is 10.8 Å². The van der Waals surface area contributed by atoms with Crippen LogP contribution >= 0.6 is 34.0 Å². The summed E-state index contributed by atoms with van der Waals surface area (Å²) in [5, 5.41) is 19.4. The summed E-state index contributed by atoms with van der Waals surface area (Å²) in [4.78, 5) is 22.9. The van der Waals surface area contributed by atoms with Gasteiger partial charge in [0.1, 0.15) is 11.6 Å². The Kier molecular flexibility index (Phi) is 13.4. The molecule has 0 aromatic rings. The lowest BCUT2D eigenvalue weighted by Crippen LogP contribution is -2.39. The third-order valence-corrected chi connectivity index (χ3v) is 4.93. The Morgan fingerprint density at radius 1 is 0.821 bits per heavy atom. The zero-order chi connectivity index (χ0) is 19.8. The summed E-state index contributed by atoms with van der Waals surface area (Å²) < 4.78 is 0. The molecular formula is C22H30Br2O4. The maximum atomic E-state index is 11.4. The minimum absolute atomic E-state index is 0. The fraction of sp³-hybridized carbons (Fsp3) is 0.364. The van der Waals surface area contributed by atoms with Crippen molar-refractivity contribution in [2.45, 2.75) is 38.9 Å². The van der Waals surface area contributed by atoms with Gasteiger partial charge in [0.25, 0.3) is 0 Å². The number of aliphatic hydroxyl groups excluding tert-OH is 2. The van der Waals surface area contributed by atoms with E-state index in [9.17, 15) is 19.8 Å². The van der Waals surface area contributed by atoms with E-state index in [0.717, 1.165) is 0 Å². The monoisotopic (exact) mass is 516 g/mol. The van der Waals surface area contributed by atoms with Gasteiger partial charge in [-0.05, 0) is 26.7 Å². The van der Waals surface area contributed by atoms with Crippen LogP contribution in [-0.4, -0.2) is 34.0 Å². The van der Waals surface area contributed by atoms with E-state index in [1.807, 2.05) is 0 Å². The molecule has 2 rings (SSSR count). The zero-order valence-corrected chi connectivity index (χ0v) is 19.7. The van der Waals surface area contributed by atoms with Gasteiger partial charge in [-0.15, -0.1) is 47.1 Å². The van der Waals surface area contributed by atoms with Crippen LogP contribution in [0.5, 0.6) is 0 Å². The van der Waals surface area contributed by atoms with E-state index in [0.29, 0.717) is 12.8 Å². The van der Waals surface area contributed by atoms with Crippen molar-refractivity contribution in [1.82, 2.24) is 0 Å². The number of hydrogen-bond acceptors (Lipinski definition) is 4. The van der Waals surface area contributed by atoms with E-state index >= 15 is 0 Å². The van der Waals surface area contributed by atoms with Gasteiger partial charge in [0.2, 0.25) is 0 Å². The van der Waals surface area contributed by atoms with Crippen LogP contribution in [0.1, 0.15) is 26.7 Å². The van der Waals surface area contributed by atoms with Crippen molar-refractivity contribution < 1.29 is 19.8 Å². The normalized spacial score (nSPS) is 29.4. The maximum Gasteiger partial charge on any atom is 0.142 e. The van der Waals surface area contributed by atoms with E-state index in [4.69, 9.17) is 0 Å². The number of ketones is 2. The van der Waals surface area contributed by atoms with Gasteiger partial charge in [-0.2, -0.15) is 0 Å². The van der Waals surface area contributed by atoms with Crippen LogP contribution < -0.4 is 0 Å². The number of carbonyl (C=O) groups excluding carboxylic acids is 2. The number of allylic oxidation sites excluding steroid dienone is 6. The van der Waals surface area contributed by atoms with Crippen LogP contribution in [0.3, 0.4) is 0 Å². The molecule has 0 aromatic carbocycles. The third-order valence-electron chi connectivity index (χ3n) is 4.93. The van der Waals surface area contributed by atoms with Crippen molar-refractivity contribution in [3.63, 3.8) is 0 Å². The number of aliphatic hydroxyl groups is 2. The molecule has 0 spiro atoms. The fourth-order valence-electron chi connectivity index (χ4n) is 3.13. The second kappa shape index (κ2) is 13.0. The highest BCUT2D eigenvalue weighted by Crippen LogP contribution is 2.34. The SMILES string of the molecule is Br.Br.C=CCC1(C(C)=O)C=CC=CC1O.C=CCC1(C(C)=O)C=CC=CC1O. The molecule has 0 heterocycles. The topological polar surface area (TPSA) is 74.6 Å². The van der Waals surface area contributed by atoms with E-state index in [-0.39, 0.29) is 45.5 Å². The van der Waals surface area contributed by atoms with Gasteiger partial charge >= 0.3 is 0 Å². The van der Waals surface area contributed by atoms with Crippen LogP contribution in [0.25, 0.3) is 0 Å². The number of halogens is 2. The number of Topliss-reactive ketones (excluding diaryl/α,β-unsaturated/α-hetero) is 2. The van der Waals surface area contributed by atoms with E-state index in [2.05, 4.69) is 13.2 Å². The standard InChI is InChI=1S/2C11H14O2.2BrH/c2*1-3-7-11(9(2)12)8-5-4-6-10(11)13;;/h2*3-6,8,10,13H,1,7H2,2H3;2*1H. The summed E-state index contributed by atoms with van der Waals surface area (Å²) in [7, 11) is 0. The quantitative estimate of drug-likeness (QED) is 0.512. The first-order chi connectivity index (χ1) is 12.3. The van der Waals surface area contributed by atoms with Gasteiger partial charge < -0.3 is 10.2 Å². The molecule has 0 radical (unpaired) electrons. The molecule has 0 bridgehead atoms. The van der Waals surface area contributed by atoms with Crippen LogP contribution in [-0.2, 0) is 9.59 Å². The molecule has 0 saturated carbocycles. The second-order valence-corrected chi connectivity index (χ2v) is 6.56. The van der Waals surface area contributed by atoms with Gasteiger partial charge in [-0.3, -0.25) is 9.59 Å². The molecule has 4 unspecified atom stereocenters. The molecule has 2 aliphatic carbocycles. The lowest BCUT2D eigenvalue weighted by Gasteiger charge is -2.32. The fourth-order valence-corrected chi connectivity index (χ4v) is 3.13. The van der Waals surface area contributed by atoms with Gasteiger partial charge in [0.15, 0.2) is 0 Å². The van der Waals surface area contributed by atoms with Gasteiger partial charge in [0, 0.05) is 0 Å². The minimum atomic E-state index is -0.781. The van der Waals surface area contributed by atoms with Gasteiger partial charge in [-0.25, -0.2) is 0 Å². The molecule has 4 nitrogen and oxygen atoms in total. The lowest BCUT2D eigenvalue weighted by atomic mass is 9.73. The van der Waals surface area contributed by atoms with Crippen LogP contribution in [0.15, 0.2) is 73.9 Å². The summed E-state index contributed by atoms with van der Waals surface area (Å²) in [6.07, 6.45) is 16.6. The van der Waals surface area contributed by atoms with Crippen LogP contribution in [0.4, 0.5) is 0 Å². The van der Waals surface area contributed by atoms with E-state index in [1.54, 1.807) is 60.8 Å². The molecule has 0 amide bonds. The molecule has 4 atom stereocenters.